The van der Waals surface area contributed by atoms with Crippen LogP contribution in [0, 0.1) is 0 Å². The Morgan fingerprint density at radius 2 is 2.12 bits per heavy atom. The second-order valence-corrected chi connectivity index (χ2v) is 5.25. The Balaban J connectivity index is 2.31. The fraction of sp³-hybridized carbons (Fsp3) is 0.769. The van der Waals surface area contributed by atoms with E-state index in [0.717, 1.165) is 6.54 Å². The van der Waals surface area contributed by atoms with Crippen LogP contribution in [-0.2, 0) is 6.54 Å². The zero-order chi connectivity index (χ0) is 12.5. The third kappa shape index (κ3) is 2.00. The van der Waals surface area contributed by atoms with E-state index in [4.69, 9.17) is 5.73 Å². The predicted octanol–water partition coefficient (Wildman–Crippen LogP) is 1.78. The average Bonchev–Trinajstić information content (AvgIpc) is 2.97. The Morgan fingerprint density at radius 1 is 1.47 bits per heavy atom. The van der Waals surface area contributed by atoms with Crippen LogP contribution in [0.2, 0.25) is 0 Å². The minimum atomic E-state index is 0.0578. The van der Waals surface area contributed by atoms with E-state index in [9.17, 15) is 0 Å². The maximum Gasteiger partial charge on any atom is 0.0653 e. The highest BCUT2D eigenvalue weighted by Crippen LogP contribution is 2.41. The molecule has 1 unspecified atom stereocenters. The molecule has 1 fully saturated rings. The molecular formula is C13H24N4. The minimum absolute atomic E-state index is 0.0578. The number of nitrogens with two attached hydrogens (primary N) is 1. The molecule has 4 nitrogen and oxygen atoms in total. The van der Waals surface area contributed by atoms with Gasteiger partial charge in [-0.15, -0.1) is 0 Å². The molecule has 0 aliphatic heterocycles. The van der Waals surface area contributed by atoms with Gasteiger partial charge in [0, 0.05) is 18.3 Å². The van der Waals surface area contributed by atoms with E-state index in [2.05, 4.69) is 37.1 Å². The lowest BCUT2D eigenvalue weighted by Crippen LogP contribution is -2.50. The molecular weight excluding hydrogens is 212 g/mol. The van der Waals surface area contributed by atoms with Gasteiger partial charge in [-0.2, -0.15) is 5.10 Å². The van der Waals surface area contributed by atoms with E-state index in [0.29, 0.717) is 0 Å². The Bertz CT molecular complexity index is 363. The summed E-state index contributed by atoms with van der Waals surface area (Å²) in [6.45, 7) is 3.00. The van der Waals surface area contributed by atoms with Gasteiger partial charge in [0.25, 0.3) is 0 Å². The van der Waals surface area contributed by atoms with Crippen molar-refractivity contribution in [3.63, 3.8) is 0 Å². The van der Waals surface area contributed by atoms with Crippen molar-refractivity contribution in [2.24, 2.45) is 5.73 Å². The minimum Gasteiger partial charge on any atom is -0.321 e. The third-order valence-electron chi connectivity index (χ3n) is 4.31. The van der Waals surface area contributed by atoms with E-state index in [1.165, 1.54) is 31.4 Å². The number of aromatic nitrogens is 2. The fourth-order valence-electron chi connectivity index (χ4n) is 3.17. The summed E-state index contributed by atoms with van der Waals surface area (Å²) >= 11 is 0. The van der Waals surface area contributed by atoms with E-state index in [-0.39, 0.29) is 11.6 Å². The van der Waals surface area contributed by atoms with Gasteiger partial charge in [-0.25, -0.2) is 0 Å². The molecule has 17 heavy (non-hydrogen) atoms. The van der Waals surface area contributed by atoms with Crippen molar-refractivity contribution in [3.05, 3.63) is 18.0 Å². The largest absolute Gasteiger partial charge is 0.321 e. The Kier molecular flexibility index (Phi) is 3.54. The van der Waals surface area contributed by atoms with Crippen molar-refractivity contribution >= 4 is 0 Å². The van der Waals surface area contributed by atoms with E-state index in [1.54, 1.807) is 0 Å². The van der Waals surface area contributed by atoms with Crippen LogP contribution in [0.4, 0.5) is 0 Å². The van der Waals surface area contributed by atoms with Crippen molar-refractivity contribution < 1.29 is 0 Å². The molecule has 0 amide bonds. The molecule has 0 spiro atoms. The van der Waals surface area contributed by atoms with E-state index < -0.39 is 0 Å². The average molecular weight is 236 g/mol. The van der Waals surface area contributed by atoms with E-state index in [1.807, 2.05) is 10.9 Å². The lowest BCUT2D eigenvalue weighted by molar-refractivity contribution is 0.119. The Labute approximate surface area is 104 Å². The molecule has 2 N–H and O–H groups in total. The van der Waals surface area contributed by atoms with Gasteiger partial charge in [0.05, 0.1) is 11.7 Å². The molecule has 0 aromatic carbocycles. The fourth-order valence-corrected chi connectivity index (χ4v) is 3.17. The van der Waals surface area contributed by atoms with Gasteiger partial charge in [0.2, 0.25) is 0 Å². The number of rotatable bonds is 4. The van der Waals surface area contributed by atoms with Gasteiger partial charge >= 0.3 is 0 Å². The maximum absolute atomic E-state index is 6.55. The molecule has 1 aliphatic rings. The third-order valence-corrected chi connectivity index (χ3v) is 4.31. The number of hydrogen-bond acceptors (Lipinski definition) is 3. The highest BCUT2D eigenvalue weighted by Gasteiger charge is 2.43. The van der Waals surface area contributed by atoms with Crippen LogP contribution in [0.3, 0.4) is 0 Å². The molecule has 1 aromatic heterocycles. The second kappa shape index (κ2) is 4.78. The van der Waals surface area contributed by atoms with Gasteiger partial charge < -0.3 is 10.6 Å². The van der Waals surface area contributed by atoms with Crippen LogP contribution in [-0.4, -0.2) is 34.3 Å². The Morgan fingerprint density at radius 3 is 2.65 bits per heavy atom. The van der Waals surface area contributed by atoms with Crippen molar-refractivity contribution in [2.75, 3.05) is 14.1 Å². The number of nitrogens with zero attached hydrogens (tertiary/aromatic N) is 3. The van der Waals surface area contributed by atoms with E-state index >= 15 is 0 Å². The molecule has 2 rings (SSSR count). The van der Waals surface area contributed by atoms with Crippen LogP contribution >= 0.6 is 0 Å². The van der Waals surface area contributed by atoms with Crippen LogP contribution in [0.25, 0.3) is 0 Å². The molecule has 0 bridgehead atoms. The summed E-state index contributed by atoms with van der Waals surface area (Å²) < 4.78 is 2.02. The molecule has 4 heteroatoms. The molecule has 1 aliphatic carbocycles. The van der Waals surface area contributed by atoms with Crippen LogP contribution in [0.5, 0.6) is 0 Å². The molecule has 1 aromatic rings. The smallest absolute Gasteiger partial charge is 0.0653 e. The van der Waals surface area contributed by atoms with Crippen molar-refractivity contribution in [3.8, 4) is 0 Å². The summed E-state index contributed by atoms with van der Waals surface area (Å²) in [5, 5.41) is 4.34. The summed E-state index contributed by atoms with van der Waals surface area (Å²) in [6.07, 6.45) is 6.81. The zero-order valence-electron chi connectivity index (χ0n) is 11.2. The first-order valence-electron chi connectivity index (χ1n) is 6.56. The monoisotopic (exact) mass is 236 g/mol. The van der Waals surface area contributed by atoms with Gasteiger partial charge in [-0.1, -0.05) is 12.8 Å². The summed E-state index contributed by atoms with van der Waals surface area (Å²) in [5.41, 5.74) is 7.84. The van der Waals surface area contributed by atoms with Crippen LogP contribution in [0.15, 0.2) is 12.3 Å². The first-order valence-corrected chi connectivity index (χ1v) is 6.56. The molecule has 1 atom stereocenters. The highest BCUT2D eigenvalue weighted by molar-refractivity contribution is 5.16. The molecule has 0 radical (unpaired) electrons. The predicted molar refractivity (Wildman–Crippen MR) is 69.7 cm³/mol. The summed E-state index contributed by atoms with van der Waals surface area (Å²) in [4.78, 5) is 2.32. The maximum atomic E-state index is 6.55. The number of aryl methyl sites for hydroxylation is 1. The zero-order valence-corrected chi connectivity index (χ0v) is 11.2. The standard InChI is InChI=1S/C13H24N4/c1-4-17-11(7-10-15-17)12(14)13(16(2)3)8-5-6-9-13/h7,10,12H,4-6,8-9,14H2,1-3H3. The number of likely N-dealkylation sites (N-methyl/N-ethyl adjacent to an activating group) is 1. The first-order chi connectivity index (χ1) is 8.12. The van der Waals surface area contributed by atoms with Crippen molar-refractivity contribution in [1.82, 2.24) is 14.7 Å². The lowest BCUT2D eigenvalue weighted by atomic mass is 9.85. The molecule has 0 saturated heterocycles. The van der Waals surface area contributed by atoms with Gasteiger partial charge in [-0.3, -0.25) is 4.68 Å². The van der Waals surface area contributed by atoms with Crippen molar-refractivity contribution in [2.45, 2.75) is 50.7 Å². The van der Waals surface area contributed by atoms with Gasteiger partial charge in [0.1, 0.15) is 0 Å². The lowest BCUT2D eigenvalue weighted by Gasteiger charge is -2.41. The normalized spacial score (nSPS) is 21.0. The van der Waals surface area contributed by atoms with Gasteiger partial charge in [0.15, 0.2) is 0 Å². The summed E-state index contributed by atoms with van der Waals surface area (Å²) in [7, 11) is 4.30. The van der Waals surface area contributed by atoms with Gasteiger partial charge in [-0.05, 0) is 39.9 Å². The van der Waals surface area contributed by atoms with Crippen LogP contribution < -0.4 is 5.73 Å². The topological polar surface area (TPSA) is 47.1 Å². The number of hydrogen-bond donors (Lipinski definition) is 1. The second-order valence-electron chi connectivity index (χ2n) is 5.25. The SMILES string of the molecule is CCn1nccc1C(N)C1(N(C)C)CCCC1. The highest BCUT2D eigenvalue weighted by atomic mass is 15.3. The molecule has 1 heterocycles. The summed E-state index contributed by atoms with van der Waals surface area (Å²) in [5.74, 6) is 0. The van der Waals surface area contributed by atoms with Crippen LogP contribution in [0.1, 0.15) is 44.3 Å². The Hall–Kier alpha value is -0.870. The van der Waals surface area contributed by atoms with Crippen molar-refractivity contribution in [1.29, 1.82) is 0 Å². The summed E-state index contributed by atoms with van der Waals surface area (Å²) in [6, 6.07) is 2.13. The molecule has 96 valence electrons. The quantitative estimate of drug-likeness (QED) is 0.867. The molecule has 1 saturated carbocycles. The first kappa shape index (κ1) is 12.6.